The molecular weight excluding hydrogens is 448 g/mol. The predicted octanol–water partition coefficient (Wildman–Crippen LogP) is 3.15. The number of hydrogen-bond acceptors (Lipinski definition) is 7. The number of sulfonamides is 1. The highest BCUT2D eigenvalue weighted by Gasteiger charge is 2.19. The maximum atomic E-state index is 12.7. The van der Waals surface area contributed by atoms with Crippen molar-refractivity contribution >= 4 is 21.7 Å². The van der Waals surface area contributed by atoms with Gasteiger partial charge in [-0.25, -0.2) is 17.9 Å². The van der Waals surface area contributed by atoms with Crippen LogP contribution in [0.3, 0.4) is 0 Å². The lowest BCUT2D eigenvalue weighted by molar-refractivity contribution is 0.0697. The van der Waals surface area contributed by atoms with Gasteiger partial charge in [0.1, 0.15) is 0 Å². The average Bonchev–Trinajstić information content (AvgIpc) is 2.78. The molecule has 33 heavy (non-hydrogen) atoms. The van der Waals surface area contributed by atoms with E-state index in [1.807, 2.05) is 19.9 Å². The molecule has 0 aliphatic heterocycles. The maximum absolute atomic E-state index is 12.7. The van der Waals surface area contributed by atoms with Gasteiger partial charge in [0.2, 0.25) is 10.0 Å². The van der Waals surface area contributed by atoms with Crippen LogP contribution in [0, 0.1) is 0 Å². The quantitative estimate of drug-likeness (QED) is 0.353. The van der Waals surface area contributed by atoms with Crippen LogP contribution in [-0.2, 0) is 21.2 Å². The number of carboxylic acid groups (broad SMARTS) is 1. The highest BCUT2D eigenvalue weighted by molar-refractivity contribution is 7.89. The fourth-order valence-corrected chi connectivity index (χ4v) is 4.14. The van der Waals surface area contributed by atoms with E-state index in [-0.39, 0.29) is 23.1 Å². The van der Waals surface area contributed by atoms with E-state index in [0.29, 0.717) is 43.2 Å². The Kier molecular flexibility index (Phi) is 9.95. The number of anilines is 1. The van der Waals surface area contributed by atoms with Crippen molar-refractivity contribution in [2.75, 3.05) is 39.2 Å². The summed E-state index contributed by atoms with van der Waals surface area (Å²) < 4.78 is 43.9. The molecule has 0 saturated heterocycles. The number of hydrogen-bond donors (Lipinski definition) is 3. The van der Waals surface area contributed by atoms with Crippen molar-refractivity contribution in [3.05, 3.63) is 47.5 Å². The van der Waals surface area contributed by atoms with Gasteiger partial charge in [-0.05, 0) is 62.6 Å². The first kappa shape index (κ1) is 26.4. The molecule has 0 saturated carbocycles. The van der Waals surface area contributed by atoms with Gasteiger partial charge in [0.25, 0.3) is 0 Å². The molecule has 9 nitrogen and oxygen atoms in total. The minimum atomic E-state index is -3.89. The van der Waals surface area contributed by atoms with Gasteiger partial charge in [0, 0.05) is 25.4 Å². The van der Waals surface area contributed by atoms with Crippen molar-refractivity contribution in [1.29, 1.82) is 0 Å². The molecule has 0 aliphatic rings. The monoisotopic (exact) mass is 480 g/mol. The van der Waals surface area contributed by atoms with Crippen molar-refractivity contribution in [3.8, 4) is 11.5 Å². The summed E-state index contributed by atoms with van der Waals surface area (Å²) in [7, 11) is -0.817. The van der Waals surface area contributed by atoms with Crippen LogP contribution < -0.4 is 19.5 Å². The summed E-state index contributed by atoms with van der Waals surface area (Å²) in [6.45, 7) is 5.07. The van der Waals surface area contributed by atoms with E-state index in [2.05, 4.69) is 10.0 Å². The third kappa shape index (κ3) is 7.92. The molecule has 0 bridgehead atoms. The first-order chi connectivity index (χ1) is 15.7. The third-order valence-electron chi connectivity index (χ3n) is 4.77. The highest BCUT2D eigenvalue weighted by atomic mass is 32.2. The molecule has 3 N–H and O–H groups in total. The van der Waals surface area contributed by atoms with Gasteiger partial charge in [-0.1, -0.05) is 6.07 Å². The Labute approximate surface area is 195 Å². The second-order valence-corrected chi connectivity index (χ2v) is 9.32. The normalized spacial score (nSPS) is 11.4. The number of nitrogens with one attached hydrogen (secondary N) is 2. The van der Waals surface area contributed by atoms with Crippen LogP contribution >= 0.6 is 0 Å². The molecule has 0 fully saturated rings. The molecule has 0 aliphatic carbocycles. The molecule has 0 heterocycles. The molecule has 0 radical (unpaired) electrons. The largest absolute Gasteiger partial charge is 0.493 e. The van der Waals surface area contributed by atoms with Crippen LogP contribution in [0.2, 0.25) is 0 Å². The molecule has 0 unspecified atom stereocenters. The van der Waals surface area contributed by atoms with Crippen LogP contribution in [0.15, 0.2) is 41.3 Å². The Morgan fingerprint density at radius 1 is 1.03 bits per heavy atom. The molecule has 0 spiro atoms. The Hall–Kier alpha value is -2.82. The Morgan fingerprint density at radius 3 is 2.39 bits per heavy atom. The number of ether oxygens (including phenoxy) is 3. The molecule has 2 aromatic carbocycles. The van der Waals surface area contributed by atoms with Crippen molar-refractivity contribution in [1.82, 2.24) is 4.72 Å². The van der Waals surface area contributed by atoms with Crippen molar-refractivity contribution in [2.24, 2.45) is 0 Å². The average molecular weight is 481 g/mol. The van der Waals surface area contributed by atoms with E-state index in [9.17, 15) is 18.3 Å². The standard InChI is InChI=1S/C23H32N2O7S/c1-16(2)32-13-5-11-24-20-8-7-18(15-19(20)23(26)27)33(28,29)25-12-10-17-6-9-21(30-3)22(14-17)31-4/h6-9,14-16,24-25H,5,10-13H2,1-4H3,(H,26,27). The molecule has 182 valence electrons. The number of carbonyl (C=O) groups is 1. The molecule has 10 heteroatoms. The molecule has 0 aromatic heterocycles. The topological polar surface area (TPSA) is 123 Å². The lowest BCUT2D eigenvalue weighted by Gasteiger charge is -2.13. The zero-order valence-corrected chi connectivity index (χ0v) is 20.2. The summed E-state index contributed by atoms with van der Waals surface area (Å²) in [4.78, 5) is 11.6. The molecular formula is C23H32N2O7S. The number of benzene rings is 2. The second kappa shape index (κ2) is 12.4. The zero-order valence-electron chi connectivity index (χ0n) is 19.4. The first-order valence-corrected chi connectivity index (χ1v) is 12.1. The van der Waals surface area contributed by atoms with Crippen molar-refractivity contribution < 1.29 is 32.5 Å². The summed E-state index contributed by atoms with van der Waals surface area (Å²) >= 11 is 0. The fourth-order valence-electron chi connectivity index (χ4n) is 3.09. The summed E-state index contributed by atoms with van der Waals surface area (Å²) in [5, 5.41) is 12.6. The van der Waals surface area contributed by atoms with Gasteiger partial charge in [-0.3, -0.25) is 0 Å². The highest BCUT2D eigenvalue weighted by Crippen LogP contribution is 2.27. The van der Waals surface area contributed by atoms with E-state index < -0.39 is 16.0 Å². The van der Waals surface area contributed by atoms with Gasteiger partial charge >= 0.3 is 5.97 Å². The second-order valence-electron chi connectivity index (χ2n) is 7.55. The summed E-state index contributed by atoms with van der Waals surface area (Å²) in [5.74, 6) is -0.0645. The van der Waals surface area contributed by atoms with Gasteiger partial charge in [-0.2, -0.15) is 0 Å². The maximum Gasteiger partial charge on any atom is 0.337 e. The van der Waals surface area contributed by atoms with E-state index in [1.54, 1.807) is 19.2 Å². The molecule has 2 aromatic rings. The SMILES string of the molecule is COc1ccc(CCNS(=O)(=O)c2ccc(NCCCOC(C)C)c(C(=O)O)c2)cc1OC. The number of rotatable bonds is 14. The molecule has 2 rings (SSSR count). The predicted molar refractivity (Wildman–Crippen MR) is 126 cm³/mol. The Balaban J connectivity index is 2.02. The van der Waals surface area contributed by atoms with Crippen LogP contribution in [0.4, 0.5) is 5.69 Å². The Bertz CT molecular complexity index is 1040. The van der Waals surface area contributed by atoms with E-state index in [1.165, 1.54) is 19.2 Å². The molecule has 0 amide bonds. The summed E-state index contributed by atoms with van der Waals surface area (Å²) in [6, 6.07) is 9.37. The first-order valence-electron chi connectivity index (χ1n) is 10.6. The smallest absolute Gasteiger partial charge is 0.337 e. The zero-order chi connectivity index (χ0) is 24.4. The van der Waals surface area contributed by atoms with Crippen LogP contribution in [-0.4, -0.2) is 59.5 Å². The Morgan fingerprint density at radius 2 is 1.76 bits per heavy atom. The lowest BCUT2D eigenvalue weighted by Crippen LogP contribution is -2.26. The van der Waals surface area contributed by atoms with E-state index in [0.717, 1.165) is 11.6 Å². The van der Waals surface area contributed by atoms with Crippen LogP contribution in [0.25, 0.3) is 0 Å². The number of aromatic carboxylic acids is 1. The fraction of sp³-hybridized carbons (Fsp3) is 0.435. The van der Waals surface area contributed by atoms with Gasteiger partial charge < -0.3 is 24.6 Å². The number of carboxylic acids is 1. The van der Waals surface area contributed by atoms with E-state index in [4.69, 9.17) is 14.2 Å². The van der Waals surface area contributed by atoms with Gasteiger partial charge in [0.15, 0.2) is 11.5 Å². The van der Waals surface area contributed by atoms with E-state index >= 15 is 0 Å². The van der Waals surface area contributed by atoms with Crippen molar-refractivity contribution in [3.63, 3.8) is 0 Å². The summed E-state index contributed by atoms with van der Waals surface area (Å²) in [5.41, 5.74) is 1.11. The number of methoxy groups -OCH3 is 2. The van der Waals surface area contributed by atoms with Crippen molar-refractivity contribution in [2.45, 2.75) is 37.7 Å². The third-order valence-corrected chi connectivity index (χ3v) is 6.23. The van der Waals surface area contributed by atoms with Gasteiger partial charge in [-0.15, -0.1) is 0 Å². The van der Waals surface area contributed by atoms with Crippen LogP contribution in [0.1, 0.15) is 36.2 Å². The van der Waals surface area contributed by atoms with Gasteiger partial charge in [0.05, 0.1) is 30.8 Å². The lowest BCUT2D eigenvalue weighted by atomic mass is 10.1. The minimum Gasteiger partial charge on any atom is -0.493 e. The minimum absolute atomic E-state index is 0.109. The molecule has 0 atom stereocenters. The van der Waals surface area contributed by atoms with Crippen LogP contribution in [0.5, 0.6) is 11.5 Å². The summed E-state index contributed by atoms with van der Waals surface area (Å²) in [6.07, 6.45) is 1.24.